The van der Waals surface area contributed by atoms with Crippen molar-refractivity contribution >= 4 is 17.5 Å². The quantitative estimate of drug-likeness (QED) is 0.465. The first-order valence-electron chi connectivity index (χ1n) is 4.27. The molecular formula is C10H11FN2O2. The van der Waals surface area contributed by atoms with E-state index in [0.29, 0.717) is 5.69 Å². The van der Waals surface area contributed by atoms with Crippen LogP contribution in [0.4, 0.5) is 10.1 Å². The second-order valence-electron chi connectivity index (χ2n) is 2.83. The molecule has 2 N–H and O–H groups in total. The first-order valence-corrected chi connectivity index (χ1v) is 4.27. The highest BCUT2D eigenvalue weighted by Crippen LogP contribution is 2.12. The number of ether oxygens (including phenoxy) is 1. The average molecular weight is 210 g/mol. The number of esters is 1. The van der Waals surface area contributed by atoms with Crippen molar-refractivity contribution < 1.29 is 13.9 Å². The Morgan fingerprint density at radius 1 is 1.47 bits per heavy atom. The van der Waals surface area contributed by atoms with E-state index in [1.165, 1.54) is 31.4 Å². The molecule has 0 unspecified atom stereocenters. The fraction of sp³-hybridized carbons (Fsp3) is 0.200. The van der Waals surface area contributed by atoms with Gasteiger partial charge in [0.1, 0.15) is 18.1 Å². The molecule has 0 saturated heterocycles. The number of amidine groups is 1. The van der Waals surface area contributed by atoms with Crippen LogP contribution in [0.5, 0.6) is 0 Å². The predicted octanol–water partition coefficient (Wildman–Crippen LogP) is 1.38. The Balaban J connectivity index is 2.70. The van der Waals surface area contributed by atoms with E-state index in [9.17, 15) is 9.18 Å². The largest absolute Gasteiger partial charge is 0.469 e. The number of benzene rings is 1. The van der Waals surface area contributed by atoms with E-state index in [4.69, 9.17) is 5.73 Å². The Morgan fingerprint density at radius 3 is 2.60 bits per heavy atom. The summed E-state index contributed by atoms with van der Waals surface area (Å²) in [5.41, 5.74) is 5.97. The molecular weight excluding hydrogens is 199 g/mol. The van der Waals surface area contributed by atoms with Crippen molar-refractivity contribution in [2.75, 3.05) is 7.11 Å². The zero-order chi connectivity index (χ0) is 11.3. The minimum Gasteiger partial charge on any atom is -0.469 e. The number of hydrogen-bond donors (Lipinski definition) is 1. The van der Waals surface area contributed by atoms with Gasteiger partial charge in [0.15, 0.2) is 0 Å². The van der Waals surface area contributed by atoms with Crippen molar-refractivity contribution in [1.29, 1.82) is 0 Å². The molecule has 0 heterocycles. The lowest BCUT2D eigenvalue weighted by molar-refractivity contribution is -0.139. The van der Waals surface area contributed by atoms with Crippen molar-refractivity contribution in [1.82, 2.24) is 0 Å². The van der Waals surface area contributed by atoms with Gasteiger partial charge in [0.05, 0.1) is 12.8 Å². The summed E-state index contributed by atoms with van der Waals surface area (Å²) >= 11 is 0. The molecule has 4 nitrogen and oxygen atoms in total. The van der Waals surface area contributed by atoms with E-state index >= 15 is 0 Å². The Morgan fingerprint density at radius 2 is 2.07 bits per heavy atom. The first-order chi connectivity index (χ1) is 7.11. The monoisotopic (exact) mass is 210 g/mol. The lowest BCUT2D eigenvalue weighted by Crippen LogP contribution is -2.17. The third kappa shape index (κ3) is 3.76. The Bertz CT molecular complexity index is 374. The molecule has 0 radical (unpaired) electrons. The van der Waals surface area contributed by atoms with Gasteiger partial charge >= 0.3 is 5.97 Å². The molecule has 80 valence electrons. The van der Waals surface area contributed by atoms with Gasteiger partial charge in [-0.25, -0.2) is 9.38 Å². The molecule has 1 rings (SSSR count). The van der Waals surface area contributed by atoms with Gasteiger partial charge < -0.3 is 10.5 Å². The summed E-state index contributed by atoms with van der Waals surface area (Å²) in [6.45, 7) is 0. The zero-order valence-electron chi connectivity index (χ0n) is 8.24. The van der Waals surface area contributed by atoms with Crippen molar-refractivity contribution in [2.45, 2.75) is 6.42 Å². The van der Waals surface area contributed by atoms with Crippen LogP contribution in [0.3, 0.4) is 0 Å². The zero-order valence-corrected chi connectivity index (χ0v) is 8.24. The molecule has 0 bridgehead atoms. The number of aliphatic imine (C=N–C) groups is 1. The highest BCUT2D eigenvalue weighted by atomic mass is 19.1. The van der Waals surface area contributed by atoms with E-state index in [2.05, 4.69) is 9.73 Å². The van der Waals surface area contributed by atoms with Crippen LogP contribution >= 0.6 is 0 Å². The third-order valence-electron chi connectivity index (χ3n) is 1.65. The third-order valence-corrected chi connectivity index (χ3v) is 1.65. The second-order valence-corrected chi connectivity index (χ2v) is 2.83. The van der Waals surface area contributed by atoms with Crippen molar-refractivity contribution in [2.24, 2.45) is 10.7 Å². The Labute approximate surface area is 86.6 Å². The van der Waals surface area contributed by atoms with Crippen LogP contribution in [-0.4, -0.2) is 18.9 Å². The van der Waals surface area contributed by atoms with Gasteiger partial charge in [-0.05, 0) is 24.3 Å². The number of rotatable bonds is 3. The van der Waals surface area contributed by atoms with Gasteiger partial charge in [-0.3, -0.25) is 4.79 Å². The Hall–Kier alpha value is -1.91. The molecule has 0 aliphatic rings. The fourth-order valence-electron chi connectivity index (χ4n) is 0.941. The van der Waals surface area contributed by atoms with Crippen LogP contribution in [0.1, 0.15) is 6.42 Å². The smallest absolute Gasteiger partial charge is 0.313 e. The lowest BCUT2D eigenvalue weighted by Gasteiger charge is -1.99. The van der Waals surface area contributed by atoms with Gasteiger partial charge in [0, 0.05) is 0 Å². The van der Waals surface area contributed by atoms with E-state index in [1.807, 2.05) is 0 Å². The van der Waals surface area contributed by atoms with E-state index < -0.39 is 5.97 Å². The lowest BCUT2D eigenvalue weighted by atomic mass is 10.3. The van der Waals surface area contributed by atoms with Crippen LogP contribution in [0, 0.1) is 5.82 Å². The minimum atomic E-state index is -0.460. The van der Waals surface area contributed by atoms with Gasteiger partial charge in [-0.1, -0.05) is 0 Å². The summed E-state index contributed by atoms with van der Waals surface area (Å²) in [5, 5.41) is 0. The molecule has 0 spiro atoms. The second kappa shape index (κ2) is 5.09. The topological polar surface area (TPSA) is 64.7 Å². The van der Waals surface area contributed by atoms with Crippen LogP contribution in [0.25, 0.3) is 0 Å². The molecule has 5 heteroatoms. The summed E-state index contributed by atoms with van der Waals surface area (Å²) in [5.74, 6) is -0.674. The van der Waals surface area contributed by atoms with Gasteiger partial charge in [0.25, 0.3) is 0 Å². The average Bonchev–Trinajstić information content (AvgIpc) is 2.21. The molecule has 0 atom stereocenters. The molecule has 0 aromatic heterocycles. The molecule has 1 aromatic carbocycles. The summed E-state index contributed by atoms with van der Waals surface area (Å²) in [7, 11) is 1.27. The van der Waals surface area contributed by atoms with Crippen LogP contribution in [0.2, 0.25) is 0 Å². The SMILES string of the molecule is COC(=O)CC(N)=Nc1ccc(F)cc1. The molecule has 0 amide bonds. The summed E-state index contributed by atoms with van der Waals surface area (Å²) in [6, 6.07) is 5.48. The van der Waals surface area contributed by atoms with Crippen molar-refractivity contribution in [3.63, 3.8) is 0 Å². The minimum absolute atomic E-state index is 0.0755. The number of carbonyl (C=O) groups excluding carboxylic acids is 1. The number of nitrogens with zero attached hydrogens (tertiary/aromatic N) is 1. The number of carbonyl (C=O) groups is 1. The summed E-state index contributed by atoms with van der Waals surface area (Å²) in [4.78, 5) is 14.7. The van der Waals surface area contributed by atoms with Gasteiger partial charge in [-0.15, -0.1) is 0 Å². The number of nitrogens with two attached hydrogens (primary N) is 1. The molecule has 1 aromatic rings. The van der Waals surface area contributed by atoms with Crippen LogP contribution in [-0.2, 0) is 9.53 Å². The van der Waals surface area contributed by atoms with E-state index in [1.54, 1.807) is 0 Å². The van der Waals surface area contributed by atoms with Gasteiger partial charge in [-0.2, -0.15) is 0 Å². The predicted molar refractivity (Wildman–Crippen MR) is 54.3 cm³/mol. The van der Waals surface area contributed by atoms with Crippen LogP contribution in [0.15, 0.2) is 29.3 Å². The normalized spacial score (nSPS) is 11.2. The number of methoxy groups -OCH3 is 1. The maximum absolute atomic E-state index is 12.5. The maximum Gasteiger partial charge on any atom is 0.313 e. The highest BCUT2D eigenvalue weighted by Gasteiger charge is 2.03. The summed E-state index contributed by atoms with van der Waals surface area (Å²) in [6.07, 6.45) is -0.0755. The number of hydrogen-bond acceptors (Lipinski definition) is 3. The first kappa shape index (κ1) is 11.2. The molecule has 0 aliphatic heterocycles. The van der Waals surface area contributed by atoms with Crippen molar-refractivity contribution in [3.05, 3.63) is 30.1 Å². The molecule has 15 heavy (non-hydrogen) atoms. The van der Waals surface area contributed by atoms with E-state index in [-0.39, 0.29) is 18.1 Å². The van der Waals surface area contributed by atoms with Gasteiger partial charge in [0.2, 0.25) is 0 Å². The standard InChI is InChI=1S/C10H11FN2O2/c1-15-10(14)6-9(12)13-8-4-2-7(11)3-5-8/h2-5H,6H2,1H3,(H2,12,13). The highest BCUT2D eigenvalue weighted by molar-refractivity contribution is 5.97. The van der Waals surface area contributed by atoms with E-state index in [0.717, 1.165) is 0 Å². The number of halogens is 1. The van der Waals surface area contributed by atoms with Crippen LogP contribution < -0.4 is 5.73 Å². The summed E-state index contributed by atoms with van der Waals surface area (Å²) < 4.78 is 17.0. The molecule has 0 aliphatic carbocycles. The molecule has 0 saturated carbocycles. The molecule has 0 fully saturated rings. The maximum atomic E-state index is 12.5. The van der Waals surface area contributed by atoms with Crippen molar-refractivity contribution in [3.8, 4) is 0 Å². The Kier molecular flexibility index (Phi) is 3.79. The fourth-order valence-corrected chi connectivity index (χ4v) is 0.941.